The first-order valence-electron chi connectivity index (χ1n) is 8.51. The molecule has 1 unspecified atom stereocenters. The Hall–Kier alpha value is -0.130. The van der Waals surface area contributed by atoms with E-state index < -0.39 is 10.1 Å². The normalized spacial score (nSPS) is 17.9. The first-order valence-corrected chi connectivity index (χ1v) is 10.4. The molecule has 21 heavy (non-hydrogen) atoms. The van der Waals surface area contributed by atoms with E-state index in [0.29, 0.717) is 6.26 Å². The summed E-state index contributed by atoms with van der Waals surface area (Å²) in [6, 6.07) is 0. The number of piperidine rings is 1. The molecule has 0 aliphatic carbocycles. The smallest absolute Gasteiger partial charge is 0.261 e. The Morgan fingerprint density at radius 3 is 2.10 bits per heavy atom. The van der Waals surface area contributed by atoms with Crippen molar-refractivity contribution >= 4 is 10.1 Å². The van der Waals surface area contributed by atoms with Crippen molar-refractivity contribution in [2.75, 3.05) is 19.3 Å². The summed E-state index contributed by atoms with van der Waals surface area (Å²) in [5.74, 6) is 2.06. The quantitative estimate of drug-likeness (QED) is 0.526. The van der Waals surface area contributed by atoms with E-state index in [4.69, 9.17) is 4.55 Å². The average Bonchev–Trinajstić information content (AvgIpc) is 2.41. The molecule has 5 heteroatoms. The summed E-state index contributed by atoms with van der Waals surface area (Å²) in [6.07, 6.45) is 13.7. The van der Waals surface area contributed by atoms with Gasteiger partial charge in [0.05, 0.1) is 6.26 Å². The first kappa shape index (κ1) is 20.9. The number of rotatable bonds is 8. The van der Waals surface area contributed by atoms with E-state index in [9.17, 15) is 8.42 Å². The molecule has 1 heterocycles. The predicted octanol–water partition coefficient (Wildman–Crippen LogP) is 3.88. The molecule has 0 spiro atoms. The van der Waals surface area contributed by atoms with Crippen molar-refractivity contribution in [1.29, 1.82) is 0 Å². The minimum absolute atomic E-state index is 0.715. The van der Waals surface area contributed by atoms with Crippen LogP contribution in [0, 0.1) is 11.8 Å². The Balaban J connectivity index is 0.000000690. The lowest BCUT2D eigenvalue weighted by molar-refractivity contribution is 0.227. The molecular formula is C16H35NO3S. The van der Waals surface area contributed by atoms with Crippen LogP contribution in [-0.4, -0.2) is 32.3 Å². The van der Waals surface area contributed by atoms with E-state index in [-0.39, 0.29) is 0 Å². The molecule has 0 aromatic heterocycles. The van der Waals surface area contributed by atoms with E-state index >= 15 is 0 Å². The van der Waals surface area contributed by atoms with E-state index in [1.165, 1.54) is 70.9 Å². The summed E-state index contributed by atoms with van der Waals surface area (Å²) in [4.78, 5) is 0. The summed E-state index contributed by atoms with van der Waals surface area (Å²) in [5.41, 5.74) is 0. The monoisotopic (exact) mass is 321 g/mol. The van der Waals surface area contributed by atoms with Gasteiger partial charge in [-0.05, 0) is 37.8 Å². The molecule has 0 bridgehead atoms. The highest BCUT2D eigenvalue weighted by molar-refractivity contribution is 7.85. The van der Waals surface area contributed by atoms with Gasteiger partial charge in [-0.1, -0.05) is 58.8 Å². The third kappa shape index (κ3) is 14.6. The molecule has 1 aliphatic heterocycles. The van der Waals surface area contributed by atoms with Crippen LogP contribution in [0.3, 0.4) is 0 Å². The molecule has 0 radical (unpaired) electrons. The second-order valence-electron chi connectivity index (χ2n) is 6.22. The van der Waals surface area contributed by atoms with Gasteiger partial charge in [0.15, 0.2) is 0 Å². The summed E-state index contributed by atoms with van der Waals surface area (Å²) in [6.45, 7) is 7.18. The van der Waals surface area contributed by atoms with Crippen LogP contribution >= 0.6 is 0 Å². The summed E-state index contributed by atoms with van der Waals surface area (Å²) in [7, 11) is -3.67. The van der Waals surface area contributed by atoms with Gasteiger partial charge in [-0.25, -0.2) is 0 Å². The number of hydrogen-bond acceptors (Lipinski definition) is 3. The zero-order valence-electron chi connectivity index (χ0n) is 14.1. The van der Waals surface area contributed by atoms with Crippen LogP contribution in [0.5, 0.6) is 0 Å². The Morgan fingerprint density at radius 2 is 1.62 bits per heavy atom. The standard InChI is InChI=1S/C15H31N.CH4O3S/c1-3-5-6-7-9-14(8-4-2)15-10-12-16-13-11-15;1-5(2,3)4/h14-16H,3-13H2,1-2H3;1H3,(H,2,3,4). The Kier molecular flexibility index (Phi) is 12.3. The van der Waals surface area contributed by atoms with E-state index in [0.717, 1.165) is 11.8 Å². The maximum atomic E-state index is 9.19. The van der Waals surface area contributed by atoms with Gasteiger partial charge in [-0.15, -0.1) is 0 Å². The van der Waals surface area contributed by atoms with Gasteiger partial charge in [0.2, 0.25) is 0 Å². The van der Waals surface area contributed by atoms with E-state index in [2.05, 4.69) is 19.2 Å². The molecule has 0 saturated carbocycles. The van der Waals surface area contributed by atoms with Gasteiger partial charge in [-0.2, -0.15) is 8.42 Å². The third-order valence-corrected chi connectivity index (χ3v) is 4.14. The topological polar surface area (TPSA) is 66.4 Å². The van der Waals surface area contributed by atoms with Crippen LogP contribution in [-0.2, 0) is 10.1 Å². The summed E-state index contributed by atoms with van der Waals surface area (Å²) >= 11 is 0. The molecular weight excluding hydrogens is 286 g/mol. The minimum atomic E-state index is -3.67. The fraction of sp³-hybridized carbons (Fsp3) is 1.00. The minimum Gasteiger partial charge on any atom is -0.317 e. The van der Waals surface area contributed by atoms with Crippen molar-refractivity contribution in [3.05, 3.63) is 0 Å². The summed E-state index contributed by atoms with van der Waals surface area (Å²) < 4.78 is 25.9. The molecule has 0 aromatic rings. The molecule has 0 aromatic carbocycles. The van der Waals surface area contributed by atoms with Gasteiger partial charge in [-0.3, -0.25) is 4.55 Å². The highest BCUT2D eigenvalue weighted by Crippen LogP contribution is 2.30. The van der Waals surface area contributed by atoms with Crippen LogP contribution in [0.25, 0.3) is 0 Å². The Labute approximate surface area is 131 Å². The third-order valence-electron chi connectivity index (χ3n) is 4.14. The lowest BCUT2D eigenvalue weighted by Gasteiger charge is -2.30. The van der Waals surface area contributed by atoms with Crippen molar-refractivity contribution in [1.82, 2.24) is 5.32 Å². The van der Waals surface area contributed by atoms with E-state index in [1.807, 2.05) is 0 Å². The molecule has 1 fully saturated rings. The van der Waals surface area contributed by atoms with Crippen molar-refractivity contribution in [2.45, 2.75) is 71.6 Å². The molecule has 128 valence electrons. The Morgan fingerprint density at radius 1 is 1.05 bits per heavy atom. The van der Waals surface area contributed by atoms with Crippen LogP contribution in [0.15, 0.2) is 0 Å². The second-order valence-corrected chi connectivity index (χ2v) is 7.68. The zero-order valence-corrected chi connectivity index (χ0v) is 14.9. The van der Waals surface area contributed by atoms with Crippen LogP contribution in [0.1, 0.15) is 71.6 Å². The average molecular weight is 322 g/mol. The van der Waals surface area contributed by atoms with Gasteiger partial charge in [0.1, 0.15) is 0 Å². The van der Waals surface area contributed by atoms with Crippen molar-refractivity contribution in [2.24, 2.45) is 11.8 Å². The van der Waals surface area contributed by atoms with Gasteiger partial charge in [0, 0.05) is 0 Å². The summed E-state index contributed by atoms with van der Waals surface area (Å²) in [5, 5.41) is 3.49. The number of unbranched alkanes of at least 4 members (excludes halogenated alkanes) is 3. The lowest BCUT2D eigenvalue weighted by atomic mass is 9.79. The predicted molar refractivity (Wildman–Crippen MR) is 90.2 cm³/mol. The maximum Gasteiger partial charge on any atom is 0.261 e. The first-order chi connectivity index (χ1) is 9.88. The van der Waals surface area contributed by atoms with E-state index in [1.54, 1.807) is 0 Å². The molecule has 2 N–H and O–H groups in total. The molecule has 1 saturated heterocycles. The van der Waals surface area contributed by atoms with Gasteiger partial charge < -0.3 is 5.32 Å². The fourth-order valence-corrected chi connectivity index (χ4v) is 3.14. The van der Waals surface area contributed by atoms with Crippen molar-refractivity contribution < 1.29 is 13.0 Å². The highest BCUT2D eigenvalue weighted by atomic mass is 32.2. The molecule has 4 nitrogen and oxygen atoms in total. The van der Waals surface area contributed by atoms with Crippen LogP contribution in [0.2, 0.25) is 0 Å². The Bertz CT molecular complexity index is 316. The van der Waals surface area contributed by atoms with Gasteiger partial charge >= 0.3 is 0 Å². The van der Waals surface area contributed by atoms with Crippen LogP contribution < -0.4 is 5.32 Å². The van der Waals surface area contributed by atoms with Crippen LogP contribution in [0.4, 0.5) is 0 Å². The SMILES string of the molecule is CCCCCCC(CCC)C1CCNCC1.CS(=O)(=O)O. The molecule has 1 rings (SSSR count). The lowest BCUT2D eigenvalue weighted by Crippen LogP contribution is -2.31. The molecule has 0 amide bonds. The zero-order chi connectivity index (χ0) is 16.1. The van der Waals surface area contributed by atoms with Gasteiger partial charge in [0.25, 0.3) is 10.1 Å². The maximum absolute atomic E-state index is 9.19. The second kappa shape index (κ2) is 12.4. The molecule has 1 atom stereocenters. The number of nitrogens with one attached hydrogen (secondary N) is 1. The highest BCUT2D eigenvalue weighted by Gasteiger charge is 2.22. The fourth-order valence-electron chi connectivity index (χ4n) is 3.14. The largest absolute Gasteiger partial charge is 0.317 e. The van der Waals surface area contributed by atoms with Crippen molar-refractivity contribution in [3.8, 4) is 0 Å². The molecule has 1 aliphatic rings. The van der Waals surface area contributed by atoms with Crippen molar-refractivity contribution in [3.63, 3.8) is 0 Å². The number of hydrogen-bond donors (Lipinski definition) is 2.